The van der Waals surface area contributed by atoms with Gasteiger partial charge in [-0.05, 0) is 23.8 Å². The van der Waals surface area contributed by atoms with Gasteiger partial charge in [-0.1, -0.05) is 23.7 Å². The lowest BCUT2D eigenvalue weighted by atomic mass is 10.1. The number of hydrogen-bond donors (Lipinski definition) is 1. The van der Waals surface area contributed by atoms with Crippen LogP contribution in [0.2, 0.25) is 5.02 Å². The molecule has 0 radical (unpaired) electrons. The molecule has 0 fully saturated rings. The van der Waals surface area contributed by atoms with Crippen LogP contribution in [0.25, 0.3) is 11.1 Å². The molecule has 0 aliphatic heterocycles. The number of nitrogens with two attached hydrogens (primary N) is 1. The number of aromatic nitrogens is 1. The number of nitrogens with zero attached hydrogens (tertiary/aromatic N) is 1. The topological polar surface area (TPSA) is 48.1 Å². The molecule has 16 heavy (non-hydrogen) atoms. The molecule has 2 aromatic rings. The fraction of sp³-hybridized carbons (Fsp3) is 0.0833. The molecule has 0 aliphatic carbocycles. The Hall–Kier alpha value is -1.74. The largest absolute Gasteiger partial charge is 0.497 e. The minimum Gasteiger partial charge on any atom is -0.497 e. The van der Waals surface area contributed by atoms with Gasteiger partial charge in [0.2, 0.25) is 0 Å². The molecule has 2 N–H and O–H groups in total. The lowest BCUT2D eigenvalue weighted by Gasteiger charge is -2.06. The van der Waals surface area contributed by atoms with Crippen LogP contribution in [0.3, 0.4) is 0 Å². The van der Waals surface area contributed by atoms with Gasteiger partial charge in [0, 0.05) is 11.8 Å². The van der Waals surface area contributed by atoms with Gasteiger partial charge in [-0.25, -0.2) is 4.98 Å². The summed E-state index contributed by atoms with van der Waals surface area (Å²) in [6.45, 7) is 0. The molecule has 1 aromatic carbocycles. The number of rotatable bonds is 2. The number of benzene rings is 1. The van der Waals surface area contributed by atoms with Crippen LogP contribution < -0.4 is 10.5 Å². The van der Waals surface area contributed by atoms with Crippen molar-refractivity contribution in [3.63, 3.8) is 0 Å². The van der Waals surface area contributed by atoms with Crippen LogP contribution in [-0.2, 0) is 0 Å². The van der Waals surface area contributed by atoms with Crippen molar-refractivity contribution >= 4 is 17.4 Å². The molecule has 1 aromatic heterocycles. The summed E-state index contributed by atoms with van der Waals surface area (Å²) in [5, 5.41) is 0.584. The third kappa shape index (κ3) is 2.09. The fourth-order valence-corrected chi connectivity index (χ4v) is 1.72. The van der Waals surface area contributed by atoms with Crippen molar-refractivity contribution in [1.29, 1.82) is 0 Å². The van der Waals surface area contributed by atoms with Crippen LogP contribution in [0.15, 0.2) is 36.5 Å². The number of ether oxygens (including phenoxy) is 1. The Balaban J connectivity index is 2.49. The molecular weight excluding hydrogens is 224 g/mol. The van der Waals surface area contributed by atoms with E-state index in [-0.39, 0.29) is 0 Å². The van der Waals surface area contributed by atoms with Gasteiger partial charge in [0.25, 0.3) is 0 Å². The molecule has 0 saturated heterocycles. The van der Waals surface area contributed by atoms with Crippen molar-refractivity contribution in [2.24, 2.45) is 0 Å². The van der Waals surface area contributed by atoms with Gasteiger partial charge < -0.3 is 10.5 Å². The summed E-state index contributed by atoms with van der Waals surface area (Å²) in [5.41, 5.74) is 7.34. The van der Waals surface area contributed by atoms with Gasteiger partial charge in [-0.3, -0.25) is 0 Å². The number of halogens is 1. The molecule has 0 bridgehead atoms. The Kier molecular flexibility index (Phi) is 2.97. The minimum absolute atomic E-state index is 0.414. The van der Waals surface area contributed by atoms with Gasteiger partial charge in [0.15, 0.2) is 0 Å². The van der Waals surface area contributed by atoms with Crippen molar-refractivity contribution in [2.75, 3.05) is 12.8 Å². The molecule has 0 unspecified atom stereocenters. The summed E-state index contributed by atoms with van der Waals surface area (Å²) in [5.74, 6) is 1.20. The molecule has 0 amide bonds. The summed E-state index contributed by atoms with van der Waals surface area (Å²) in [6, 6.07) is 9.26. The maximum atomic E-state index is 6.10. The highest BCUT2D eigenvalue weighted by atomic mass is 35.5. The second-order valence-electron chi connectivity index (χ2n) is 3.32. The highest BCUT2D eigenvalue weighted by Gasteiger charge is 2.05. The third-order valence-corrected chi connectivity index (χ3v) is 2.57. The Morgan fingerprint density at radius 3 is 2.81 bits per heavy atom. The summed E-state index contributed by atoms with van der Waals surface area (Å²) in [4.78, 5) is 4.02. The summed E-state index contributed by atoms with van der Waals surface area (Å²) in [7, 11) is 1.63. The molecule has 0 aliphatic rings. The molecule has 1 heterocycles. The van der Waals surface area contributed by atoms with E-state index in [0.29, 0.717) is 10.8 Å². The average Bonchev–Trinajstić information content (AvgIpc) is 2.29. The van der Waals surface area contributed by atoms with E-state index < -0.39 is 0 Å². The Labute approximate surface area is 98.8 Å². The van der Waals surface area contributed by atoms with E-state index in [0.717, 1.165) is 16.9 Å². The SMILES string of the molecule is COc1cccc(-c2cnc(N)cc2Cl)c1. The zero-order valence-electron chi connectivity index (χ0n) is 8.77. The zero-order valence-corrected chi connectivity index (χ0v) is 9.53. The van der Waals surface area contributed by atoms with Crippen LogP contribution >= 0.6 is 11.6 Å². The molecule has 0 spiro atoms. The second kappa shape index (κ2) is 4.41. The van der Waals surface area contributed by atoms with Crippen molar-refractivity contribution < 1.29 is 4.74 Å². The van der Waals surface area contributed by atoms with Crippen molar-refractivity contribution in [3.05, 3.63) is 41.6 Å². The van der Waals surface area contributed by atoms with Crippen molar-refractivity contribution in [2.45, 2.75) is 0 Å². The van der Waals surface area contributed by atoms with Crippen molar-refractivity contribution in [3.8, 4) is 16.9 Å². The Morgan fingerprint density at radius 1 is 1.31 bits per heavy atom. The van der Waals surface area contributed by atoms with E-state index in [9.17, 15) is 0 Å². The van der Waals surface area contributed by atoms with E-state index in [1.165, 1.54) is 0 Å². The molecule has 2 rings (SSSR count). The first kappa shape index (κ1) is 10.8. The standard InChI is InChI=1S/C12H11ClN2O/c1-16-9-4-2-3-8(5-9)10-7-15-12(14)6-11(10)13/h2-7H,1H3,(H2,14,15). The summed E-state index contributed by atoms with van der Waals surface area (Å²) >= 11 is 6.10. The summed E-state index contributed by atoms with van der Waals surface area (Å²) in [6.07, 6.45) is 1.66. The molecular formula is C12H11ClN2O. The van der Waals surface area contributed by atoms with Crippen LogP contribution in [0, 0.1) is 0 Å². The predicted molar refractivity (Wildman–Crippen MR) is 65.6 cm³/mol. The normalized spacial score (nSPS) is 10.1. The maximum absolute atomic E-state index is 6.10. The van der Waals surface area contributed by atoms with Gasteiger partial charge in [-0.2, -0.15) is 0 Å². The molecule has 0 atom stereocenters. The van der Waals surface area contributed by atoms with Crippen LogP contribution in [0.1, 0.15) is 0 Å². The lowest BCUT2D eigenvalue weighted by Crippen LogP contribution is -1.91. The fourth-order valence-electron chi connectivity index (χ4n) is 1.45. The number of anilines is 1. The first-order chi connectivity index (χ1) is 7.70. The first-order valence-electron chi connectivity index (χ1n) is 4.76. The molecule has 0 saturated carbocycles. The monoisotopic (exact) mass is 234 g/mol. The van der Waals surface area contributed by atoms with Gasteiger partial charge in [0.1, 0.15) is 11.6 Å². The third-order valence-electron chi connectivity index (χ3n) is 2.26. The maximum Gasteiger partial charge on any atom is 0.124 e. The smallest absolute Gasteiger partial charge is 0.124 e. The Bertz CT molecular complexity index is 514. The highest BCUT2D eigenvalue weighted by Crippen LogP contribution is 2.30. The number of hydrogen-bond acceptors (Lipinski definition) is 3. The minimum atomic E-state index is 0.414. The van der Waals surface area contributed by atoms with Crippen molar-refractivity contribution in [1.82, 2.24) is 4.98 Å². The van der Waals surface area contributed by atoms with E-state index >= 15 is 0 Å². The van der Waals surface area contributed by atoms with E-state index in [4.69, 9.17) is 22.1 Å². The molecule has 82 valence electrons. The van der Waals surface area contributed by atoms with Crippen LogP contribution in [0.4, 0.5) is 5.82 Å². The summed E-state index contributed by atoms with van der Waals surface area (Å²) < 4.78 is 5.15. The first-order valence-corrected chi connectivity index (χ1v) is 5.14. The second-order valence-corrected chi connectivity index (χ2v) is 3.73. The van der Waals surface area contributed by atoms with E-state index in [2.05, 4.69) is 4.98 Å². The van der Waals surface area contributed by atoms with E-state index in [1.807, 2.05) is 24.3 Å². The average molecular weight is 235 g/mol. The van der Waals surface area contributed by atoms with Gasteiger partial charge in [-0.15, -0.1) is 0 Å². The Morgan fingerprint density at radius 2 is 2.12 bits per heavy atom. The van der Waals surface area contributed by atoms with Gasteiger partial charge in [0.05, 0.1) is 12.1 Å². The number of pyridine rings is 1. The van der Waals surface area contributed by atoms with Crippen LogP contribution in [0.5, 0.6) is 5.75 Å². The molecule has 4 heteroatoms. The number of methoxy groups -OCH3 is 1. The predicted octanol–water partition coefficient (Wildman–Crippen LogP) is 2.99. The number of nitrogen functional groups attached to an aromatic ring is 1. The van der Waals surface area contributed by atoms with E-state index in [1.54, 1.807) is 19.4 Å². The quantitative estimate of drug-likeness (QED) is 0.869. The highest BCUT2D eigenvalue weighted by molar-refractivity contribution is 6.33. The lowest BCUT2D eigenvalue weighted by molar-refractivity contribution is 0.415. The zero-order chi connectivity index (χ0) is 11.5. The van der Waals surface area contributed by atoms with Crippen LogP contribution in [-0.4, -0.2) is 12.1 Å². The molecule has 3 nitrogen and oxygen atoms in total. The van der Waals surface area contributed by atoms with Gasteiger partial charge >= 0.3 is 0 Å².